The smallest absolute Gasteiger partial charge is 0.257 e. The highest BCUT2D eigenvalue weighted by atomic mass is 127. The Hall–Kier alpha value is -1.80. The van der Waals surface area contributed by atoms with Gasteiger partial charge in [0.2, 0.25) is 0 Å². The Balaban J connectivity index is 1.98. The number of hydrogen-bond donors (Lipinski definition) is 2. The van der Waals surface area contributed by atoms with Crippen LogP contribution in [0.25, 0.3) is 0 Å². The molecule has 0 spiro atoms. The molecule has 0 aromatic heterocycles. The number of halogens is 1. The van der Waals surface area contributed by atoms with Crippen LogP contribution in [0.1, 0.15) is 27.6 Å². The Kier molecular flexibility index (Phi) is 5.62. The third kappa shape index (κ3) is 4.60. The number of thiocarbonyl (C=S) groups is 1. The first-order valence-electron chi connectivity index (χ1n) is 6.44. The predicted octanol–water partition coefficient (Wildman–Crippen LogP) is 3.62. The van der Waals surface area contributed by atoms with E-state index in [0.717, 1.165) is 3.57 Å². The molecule has 112 valence electrons. The zero-order valence-electron chi connectivity index (χ0n) is 11.7. The van der Waals surface area contributed by atoms with Crippen molar-refractivity contribution < 1.29 is 9.59 Å². The molecule has 0 saturated carbocycles. The van der Waals surface area contributed by atoms with Crippen molar-refractivity contribution in [1.29, 1.82) is 0 Å². The summed E-state index contributed by atoms with van der Waals surface area (Å²) in [5, 5.41) is 5.74. The van der Waals surface area contributed by atoms with Gasteiger partial charge in [-0.25, -0.2) is 0 Å². The van der Waals surface area contributed by atoms with Crippen LogP contribution in [0, 0.1) is 3.57 Å². The molecule has 2 rings (SSSR count). The van der Waals surface area contributed by atoms with Gasteiger partial charge in [0.15, 0.2) is 10.9 Å². The van der Waals surface area contributed by atoms with Crippen LogP contribution in [-0.4, -0.2) is 16.8 Å². The van der Waals surface area contributed by atoms with E-state index in [2.05, 4.69) is 33.2 Å². The van der Waals surface area contributed by atoms with Gasteiger partial charge in [0.1, 0.15) is 0 Å². The molecule has 0 bridgehead atoms. The molecular formula is C16H13IN2O2S. The van der Waals surface area contributed by atoms with Gasteiger partial charge in [0, 0.05) is 20.4 Å². The lowest BCUT2D eigenvalue weighted by Gasteiger charge is -2.10. The van der Waals surface area contributed by atoms with Crippen molar-refractivity contribution in [2.75, 3.05) is 5.32 Å². The maximum Gasteiger partial charge on any atom is 0.257 e. The first-order valence-corrected chi connectivity index (χ1v) is 7.93. The van der Waals surface area contributed by atoms with Crippen molar-refractivity contribution in [2.45, 2.75) is 6.92 Å². The molecule has 0 aliphatic rings. The second kappa shape index (κ2) is 7.46. The number of Topliss-reactive ketones (excluding diaryl/α,β-unsaturated/α-hetero) is 1. The summed E-state index contributed by atoms with van der Waals surface area (Å²) in [6.45, 7) is 1.51. The van der Waals surface area contributed by atoms with Gasteiger partial charge in [-0.05, 0) is 84.2 Å². The summed E-state index contributed by atoms with van der Waals surface area (Å²) in [5.41, 5.74) is 1.88. The van der Waals surface area contributed by atoms with Gasteiger partial charge < -0.3 is 5.32 Å². The van der Waals surface area contributed by atoms with E-state index in [1.807, 2.05) is 12.1 Å². The standard InChI is InChI=1S/C16H13IN2O2S/c1-10(20)11-5-7-14(8-6-11)18-16(22)19-15(21)12-3-2-4-13(17)9-12/h2-9H,1H3,(H2,18,19,21,22). The highest BCUT2D eigenvalue weighted by Crippen LogP contribution is 2.11. The highest BCUT2D eigenvalue weighted by molar-refractivity contribution is 14.1. The number of carbonyl (C=O) groups is 2. The minimum Gasteiger partial charge on any atom is -0.332 e. The molecule has 0 aliphatic heterocycles. The Morgan fingerprint density at radius 3 is 2.32 bits per heavy atom. The van der Waals surface area contributed by atoms with Gasteiger partial charge in [0.25, 0.3) is 5.91 Å². The van der Waals surface area contributed by atoms with Crippen molar-refractivity contribution >= 4 is 57.3 Å². The number of ketones is 1. The van der Waals surface area contributed by atoms with Gasteiger partial charge in [-0.15, -0.1) is 0 Å². The Labute approximate surface area is 147 Å². The van der Waals surface area contributed by atoms with E-state index in [1.165, 1.54) is 6.92 Å². The van der Waals surface area contributed by atoms with Crippen LogP contribution >= 0.6 is 34.8 Å². The summed E-state index contributed by atoms with van der Waals surface area (Å²) in [4.78, 5) is 23.3. The van der Waals surface area contributed by atoms with Crippen molar-refractivity contribution in [3.8, 4) is 0 Å². The number of hydrogen-bond acceptors (Lipinski definition) is 3. The molecule has 0 atom stereocenters. The zero-order chi connectivity index (χ0) is 16.1. The van der Waals surface area contributed by atoms with Crippen LogP contribution in [0.15, 0.2) is 48.5 Å². The second-order valence-corrected chi connectivity index (χ2v) is 6.21. The molecule has 4 nitrogen and oxygen atoms in total. The Morgan fingerprint density at radius 1 is 1.05 bits per heavy atom. The Bertz CT molecular complexity index is 729. The summed E-state index contributed by atoms with van der Waals surface area (Å²) in [6.07, 6.45) is 0. The lowest BCUT2D eigenvalue weighted by atomic mass is 10.1. The summed E-state index contributed by atoms with van der Waals surface area (Å²) in [6, 6.07) is 14.1. The average Bonchev–Trinajstić information content (AvgIpc) is 2.47. The van der Waals surface area contributed by atoms with Gasteiger partial charge in [-0.2, -0.15) is 0 Å². The summed E-state index contributed by atoms with van der Waals surface area (Å²) in [5.74, 6) is -0.266. The lowest BCUT2D eigenvalue weighted by Crippen LogP contribution is -2.34. The van der Waals surface area contributed by atoms with Crippen molar-refractivity contribution in [3.05, 3.63) is 63.2 Å². The molecule has 22 heavy (non-hydrogen) atoms. The normalized spacial score (nSPS) is 9.91. The summed E-state index contributed by atoms with van der Waals surface area (Å²) < 4.78 is 0.976. The first-order chi connectivity index (χ1) is 10.5. The van der Waals surface area contributed by atoms with Crippen molar-refractivity contribution in [3.63, 3.8) is 0 Å². The van der Waals surface area contributed by atoms with E-state index in [0.29, 0.717) is 16.8 Å². The average molecular weight is 424 g/mol. The number of nitrogens with one attached hydrogen (secondary N) is 2. The number of carbonyl (C=O) groups excluding carboxylic acids is 2. The van der Waals surface area contributed by atoms with Crippen LogP contribution < -0.4 is 10.6 Å². The molecule has 0 aliphatic carbocycles. The topological polar surface area (TPSA) is 58.2 Å². The van der Waals surface area contributed by atoms with Gasteiger partial charge >= 0.3 is 0 Å². The molecule has 2 aromatic rings. The van der Waals surface area contributed by atoms with E-state index >= 15 is 0 Å². The summed E-state index contributed by atoms with van der Waals surface area (Å²) in [7, 11) is 0. The highest BCUT2D eigenvalue weighted by Gasteiger charge is 2.08. The largest absolute Gasteiger partial charge is 0.332 e. The molecule has 0 unspecified atom stereocenters. The van der Waals surface area contributed by atoms with Gasteiger partial charge in [0.05, 0.1) is 0 Å². The fourth-order valence-corrected chi connectivity index (χ4v) is 2.51. The molecule has 6 heteroatoms. The predicted molar refractivity (Wildman–Crippen MR) is 99.3 cm³/mol. The fraction of sp³-hybridized carbons (Fsp3) is 0.0625. The number of anilines is 1. The van der Waals surface area contributed by atoms with Crippen LogP contribution in [-0.2, 0) is 0 Å². The minimum absolute atomic E-state index is 0.00103. The molecule has 0 heterocycles. The number of benzene rings is 2. The minimum atomic E-state index is -0.267. The van der Waals surface area contributed by atoms with Gasteiger partial charge in [-0.1, -0.05) is 6.07 Å². The third-order valence-electron chi connectivity index (χ3n) is 2.86. The number of amides is 1. The van der Waals surface area contributed by atoms with E-state index in [4.69, 9.17) is 12.2 Å². The van der Waals surface area contributed by atoms with E-state index in [1.54, 1.807) is 36.4 Å². The van der Waals surface area contributed by atoms with Crippen molar-refractivity contribution in [1.82, 2.24) is 5.32 Å². The van der Waals surface area contributed by atoms with Crippen LogP contribution in [0.3, 0.4) is 0 Å². The maximum absolute atomic E-state index is 12.1. The van der Waals surface area contributed by atoms with E-state index in [9.17, 15) is 9.59 Å². The Morgan fingerprint density at radius 2 is 1.73 bits per heavy atom. The third-order valence-corrected chi connectivity index (χ3v) is 3.74. The number of rotatable bonds is 3. The fourth-order valence-electron chi connectivity index (χ4n) is 1.76. The molecule has 0 radical (unpaired) electrons. The second-order valence-electron chi connectivity index (χ2n) is 4.55. The van der Waals surface area contributed by atoms with Gasteiger partial charge in [-0.3, -0.25) is 14.9 Å². The zero-order valence-corrected chi connectivity index (χ0v) is 14.7. The lowest BCUT2D eigenvalue weighted by molar-refractivity contribution is 0.0976. The summed E-state index contributed by atoms with van der Waals surface area (Å²) >= 11 is 7.26. The molecule has 1 amide bonds. The van der Waals surface area contributed by atoms with Crippen LogP contribution in [0.2, 0.25) is 0 Å². The molecule has 0 fully saturated rings. The SMILES string of the molecule is CC(=O)c1ccc(NC(=S)NC(=O)c2cccc(I)c2)cc1. The van der Waals surface area contributed by atoms with Crippen molar-refractivity contribution in [2.24, 2.45) is 0 Å². The molecule has 2 aromatic carbocycles. The quantitative estimate of drug-likeness (QED) is 0.449. The molecule has 0 saturated heterocycles. The van der Waals surface area contributed by atoms with E-state index < -0.39 is 0 Å². The molecular weight excluding hydrogens is 411 g/mol. The maximum atomic E-state index is 12.1. The van der Waals surface area contributed by atoms with E-state index in [-0.39, 0.29) is 16.8 Å². The van der Waals surface area contributed by atoms with Crippen LogP contribution in [0.4, 0.5) is 5.69 Å². The monoisotopic (exact) mass is 424 g/mol. The first kappa shape index (κ1) is 16.6. The van der Waals surface area contributed by atoms with Crippen LogP contribution in [0.5, 0.6) is 0 Å². The molecule has 2 N–H and O–H groups in total.